The number of carbonyl (C=O) groups is 1. The molecule has 2 rings (SSSR count). The summed E-state index contributed by atoms with van der Waals surface area (Å²) in [4.78, 5) is 24.1. The Balaban J connectivity index is 1.75. The lowest BCUT2D eigenvalue weighted by Crippen LogP contribution is -2.26. The maximum atomic E-state index is 12.0. The summed E-state index contributed by atoms with van der Waals surface area (Å²) in [6.07, 6.45) is 2.53. The number of hydrogen-bond donors (Lipinski definition) is 1. The van der Waals surface area contributed by atoms with Crippen molar-refractivity contribution in [2.75, 3.05) is 18.9 Å². The summed E-state index contributed by atoms with van der Waals surface area (Å²) in [5.74, 6) is 0.740. The van der Waals surface area contributed by atoms with Gasteiger partial charge in [-0.15, -0.1) is 0 Å². The fourth-order valence-corrected chi connectivity index (χ4v) is 2.16. The molecule has 0 aliphatic rings. The molecule has 0 atom stereocenters. The highest BCUT2D eigenvalue weighted by molar-refractivity contribution is 5.75. The van der Waals surface area contributed by atoms with Gasteiger partial charge in [0, 0.05) is 26.1 Å². The predicted octanol–water partition coefficient (Wildman–Crippen LogP) is 3.04. The highest BCUT2D eigenvalue weighted by Gasteiger charge is 2.13. The first kappa shape index (κ1) is 16.5. The average molecular weight is 317 g/mol. The van der Waals surface area contributed by atoms with Gasteiger partial charge < -0.3 is 14.6 Å². The van der Waals surface area contributed by atoms with Gasteiger partial charge in [-0.3, -0.25) is 14.9 Å². The Morgan fingerprint density at radius 2 is 2.09 bits per heavy atom. The molecule has 1 amide bonds. The van der Waals surface area contributed by atoms with Crippen molar-refractivity contribution in [3.63, 3.8) is 0 Å². The van der Waals surface area contributed by atoms with E-state index in [2.05, 4.69) is 5.32 Å². The van der Waals surface area contributed by atoms with E-state index in [0.29, 0.717) is 31.6 Å². The lowest BCUT2D eigenvalue weighted by atomic mass is 10.2. The third-order valence-corrected chi connectivity index (χ3v) is 3.38. The Kier molecular flexibility index (Phi) is 5.74. The zero-order valence-corrected chi connectivity index (χ0v) is 12.9. The minimum Gasteiger partial charge on any atom is -0.467 e. The molecule has 0 aliphatic carbocycles. The van der Waals surface area contributed by atoms with Gasteiger partial charge in [0.2, 0.25) is 5.91 Å². The Morgan fingerprint density at radius 3 is 2.78 bits per heavy atom. The SMILES string of the molecule is CN(Cc1ccco1)C(=O)CCCNc1ccccc1[N+](=O)[O-]. The van der Waals surface area contributed by atoms with Crippen LogP contribution in [0.5, 0.6) is 0 Å². The number of nitrogens with zero attached hydrogens (tertiary/aromatic N) is 2. The Bertz CT molecular complexity index is 655. The maximum Gasteiger partial charge on any atom is 0.292 e. The first-order chi connectivity index (χ1) is 11.1. The van der Waals surface area contributed by atoms with E-state index in [4.69, 9.17) is 4.42 Å². The van der Waals surface area contributed by atoms with Gasteiger partial charge in [0.25, 0.3) is 5.69 Å². The second-order valence-electron chi connectivity index (χ2n) is 5.13. The van der Waals surface area contributed by atoms with E-state index in [1.165, 1.54) is 6.07 Å². The second kappa shape index (κ2) is 7.98. The highest BCUT2D eigenvalue weighted by atomic mass is 16.6. The molecule has 122 valence electrons. The molecule has 0 saturated heterocycles. The van der Waals surface area contributed by atoms with Crippen LogP contribution in [0.25, 0.3) is 0 Å². The van der Waals surface area contributed by atoms with E-state index >= 15 is 0 Å². The molecule has 0 unspecified atom stereocenters. The van der Waals surface area contributed by atoms with Gasteiger partial charge in [-0.05, 0) is 24.6 Å². The van der Waals surface area contributed by atoms with Crippen LogP contribution in [0.1, 0.15) is 18.6 Å². The van der Waals surface area contributed by atoms with Crippen LogP contribution in [0.4, 0.5) is 11.4 Å². The quantitative estimate of drug-likeness (QED) is 0.459. The van der Waals surface area contributed by atoms with Crippen LogP contribution >= 0.6 is 0 Å². The first-order valence-electron chi connectivity index (χ1n) is 7.31. The molecule has 1 aromatic carbocycles. The molecular formula is C16H19N3O4. The van der Waals surface area contributed by atoms with Crippen LogP contribution in [0.3, 0.4) is 0 Å². The molecule has 7 heteroatoms. The number of furan rings is 1. The molecule has 2 aromatic rings. The third-order valence-electron chi connectivity index (χ3n) is 3.38. The minimum absolute atomic E-state index is 0.00533. The number of anilines is 1. The van der Waals surface area contributed by atoms with Crippen LogP contribution in [-0.2, 0) is 11.3 Å². The molecular weight excluding hydrogens is 298 g/mol. The monoisotopic (exact) mass is 317 g/mol. The standard InChI is InChI=1S/C16H19N3O4/c1-18(12-13-6-5-11-23-13)16(20)9-4-10-17-14-7-2-3-8-15(14)19(21)22/h2-3,5-8,11,17H,4,9-10,12H2,1H3. The van der Waals surface area contributed by atoms with Gasteiger partial charge in [0.1, 0.15) is 11.4 Å². The van der Waals surface area contributed by atoms with Gasteiger partial charge in [0.05, 0.1) is 17.7 Å². The van der Waals surface area contributed by atoms with Crippen molar-refractivity contribution in [1.29, 1.82) is 0 Å². The molecule has 0 spiro atoms. The molecule has 0 aliphatic heterocycles. The Morgan fingerprint density at radius 1 is 1.30 bits per heavy atom. The number of nitro benzene ring substituents is 1. The molecule has 0 saturated carbocycles. The Hall–Kier alpha value is -2.83. The van der Waals surface area contributed by atoms with E-state index in [-0.39, 0.29) is 11.6 Å². The van der Waals surface area contributed by atoms with Gasteiger partial charge in [-0.25, -0.2) is 0 Å². The number of para-hydroxylation sites is 2. The average Bonchev–Trinajstić information content (AvgIpc) is 3.04. The van der Waals surface area contributed by atoms with Crippen LogP contribution in [0.2, 0.25) is 0 Å². The summed E-state index contributed by atoms with van der Waals surface area (Å²) < 4.78 is 5.20. The highest BCUT2D eigenvalue weighted by Crippen LogP contribution is 2.23. The van der Waals surface area contributed by atoms with E-state index < -0.39 is 4.92 Å². The van der Waals surface area contributed by atoms with Crippen molar-refractivity contribution in [2.24, 2.45) is 0 Å². The van der Waals surface area contributed by atoms with Crippen LogP contribution < -0.4 is 5.32 Å². The van der Waals surface area contributed by atoms with Crippen LogP contribution in [0.15, 0.2) is 47.1 Å². The molecule has 23 heavy (non-hydrogen) atoms. The van der Waals surface area contributed by atoms with Crippen LogP contribution in [0, 0.1) is 10.1 Å². The summed E-state index contributed by atoms with van der Waals surface area (Å²) in [6.45, 7) is 0.925. The van der Waals surface area contributed by atoms with Crippen LogP contribution in [-0.4, -0.2) is 29.3 Å². The van der Waals surface area contributed by atoms with Crippen molar-refractivity contribution in [3.8, 4) is 0 Å². The molecule has 7 nitrogen and oxygen atoms in total. The summed E-state index contributed by atoms with van der Waals surface area (Å²) in [6, 6.07) is 10.1. The van der Waals surface area contributed by atoms with Crippen molar-refractivity contribution in [2.45, 2.75) is 19.4 Å². The minimum atomic E-state index is -0.426. The number of amides is 1. The number of hydrogen-bond acceptors (Lipinski definition) is 5. The normalized spacial score (nSPS) is 10.3. The Labute approximate surface area is 134 Å². The zero-order chi connectivity index (χ0) is 16.7. The second-order valence-corrected chi connectivity index (χ2v) is 5.13. The fourth-order valence-electron chi connectivity index (χ4n) is 2.16. The molecule has 1 aromatic heterocycles. The lowest BCUT2D eigenvalue weighted by Gasteiger charge is -2.15. The fraction of sp³-hybridized carbons (Fsp3) is 0.312. The van der Waals surface area contributed by atoms with Crippen molar-refractivity contribution < 1.29 is 14.1 Å². The van der Waals surface area contributed by atoms with Crippen molar-refractivity contribution >= 4 is 17.3 Å². The topological polar surface area (TPSA) is 88.6 Å². The number of benzene rings is 1. The first-order valence-corrected chi connectivity index (χ1v) is 7.31. The summed E-state index contributed by atoms with van der Waals surface area (Å²) in [5.41, 5.74) is 0.502. The van der Waals surface area contributed by atoms with Gasteiger partial charge in [-0.1, -0.05) is 12.1 Å². The molecule has 0 radical (unpaired) electrons. The maximum absolute atomic E-state index is 12.0. The number of nitro groups is 1. The number of rotatable bonds is 8. The summed E-state index contributed by atoms with van der Waals surface area (Å²) >= 11 is 0. The molecule has 1 heterocycles. The smallest absolute Gasteiger partial charge is 0.292 e. The van der Waals surface area contributed by atoms with E-state index in [0.717, 1.165) is 5.76 Å². The van der Waals surface area contributed by atoms with Gasteiger partial charge in [-0.2, -0.15) is 0 Å². The van der Waals surface area contributed by atoms with E-state index in [9.17, 15) is 14.9 Å². The van der Waals surface area contributed by atoms with Gasteiger partial charge >= 0.3 is 0 Å². The zero-order valence-electron chi connectivity index (χ0n) is 12.9. The van der Waals surface area contributed by atoms with E-state index in [1.807, 2.05) is 6.07 Å². The molecule has 0 bridgehead atoms. The largest absolute Gasteiger partial charge is 0.467 e. The van der Waals surface area contributed by atoms with E-state index in [1.54, 1.807) is 42.5 Å². The molecule has 0 fully saturated rings. The third kappa shape index (κ3) is 4.84. The predicted molar refractivity (Wildman–Crippen MR) is 86.0 cm³/mol. The summed E-state index contributed by atoms with van der Waals surface area (Å²) in [5, 5.41) is 13.9. The number of carbonyl (C=O) groups excluding carboxylic acids is 1. The summed E-state index contributed by atoms with van der Waals surface area (Å²) in [7, 11) is 1.72. The lowest BCUT2D eigenvalue weighted by molar-refractivity contribution is -0.384. The van der Waals surface area contributed by atoms with Crippen molar-refractivity contribution in [3.05, 3.63) is 58.5 Å². The number of nitrogens with one attached hydrogen (secondary N) is 1. The van der Waals surface area contributed by atoms with Crippen molar-refractivity contribution in [1.82, 2.24) is 4.90 Å². The molecule has 1 N–H and O–H groups in total. The van der Waals surface area contributed by atoms with Gasteiger partial charge in [0.15, 0.2) is 0 Å².